The van der Waals surface area contributed by atoms with Crippen molar-refractivity contribution in [2.75, 3.05) is 6.54 Å². The number of hydrogen-bond donors (Lipinski definition) is 1. The van der Waals surface area contributed by atoms with E-state index in [1.54, 1.807) is 0 Å². The van der Waals surface area contributed by atoms with E-state index in [2.05, 4.69) is 17.5 Å². The standard InChI is InChI=1S/C15H16N2O/c16-10-11-3-4-12-9-14(18-15(12)8-11)6-5-13-2-1-7-17-13/h3-4,8-9,13,17H,1-2,5-7H2/t13-/m0/s1. The monoisotopic (exact) mass is 240 g/mol. The van der Waals surface area contributed by atoms with Crippen molar-refractivity contribution in [2.45, 2.75) is 31.7 Å². The van der Waals surface area contributed by atoms with Crippen LogP contribution in [-0.2, 0) is 6.42 Å². The van der Waals surface area contributed by atoms with Gasteiger partial charge in [0.25, 0.3) is 0 Å². The van der Waals surface area contributed by atoms with Gasteiger partial charge in [0.1, 0.15) is 11.3 Å². The summed E-state index contributed by atoms with van der Waals surface area (Å²) in [5, 5.41) is 13.4. The minimum Gasteiger partial charge on any atom is -0.461 e. The Hall–Kier alpha value is -1.79. The molecule has 1 saturated heterocycles. The van der Waals surface area contributed by atoms with Crippen LogP contribution < -0.4 is 5.32 Å². The van der Waals surface area contributed by atoms with Crippen LogP contribution in [0.15, 0.2) is 28.7 Å². The molecule has 1 aliphatic heterocycles. The normalized spacial score (nSPS) is 19.2. The first-order valence-electron chi connectivity index (χ1n) is 6.51. The molecule has 0 amide bonds. The van der Waals surface area contributed by atoms with Crippen LogP contribution in [0.4, 0.5) is 0 Å². The van der Waals surface area contributed by atoms with Gasteiger partial charge in [-0.1, -0.05) is 0 Å². The summed E-state index contributed by atoms with van der Waals surface area (Å²) in [6, 6.07) is 10.5. The van der Waals surface area contributed by atoms with Crippen molar-refractivity contribution in [1.29, 1.82) is 5.26 Å². The summed E-state index contributed by atoms with van der Waals surface area (Å²) >= 11 is 0. The third kappa shape index (κ3) is 2.25. The van der Waals surface area contributed by atoms with Crippen LogP contribution in [0.2, 0.25) is 0 Å². The first kappa shape index (κ1) is 11.3. The van der Waals surface area contributed by atoms with E-state index < -0.39 is 0 Å². The van der Waals surface area contributed by atoms with E-state index >= 15 is 0 Å². The molecule has 2 aromatic rings. The molecule has 1 atom stereocenters. The topological polar surface area (TPSA) is 49.0 Å². The maximum atomic E-state index is 8.85. The van der Waals surface area contributed by atoms with Crippen molar-refractivity contribution in [2.24, 2.45) is 0 Å². The Morgan fingerprint density at radius 2 is 2.33 bits per heavy atom. The number of fused-ring (bicyclic) bond motifs is 1. The average Bonchev–Trinajstić information content (AvgIpc) is 3.04. The molecule has 0 unspecified atom stereocenters. The predicted molar refractivity (Wildman–Crippen MR) is 70.3 cm³/mol. The summed E-state index contributed by atoms with van der Waals surface area (Å²) in [6.45, 7) is 1.15. The lowest BCUT2D eigenvalue weighted by Gasteiger charge is -2.07. The second-order valence-electron chi connectivity index (χ2n) is 4.91. The lowest BCUT2D eigenvalue weighted by atomic mass is 10.1. The Labute approximate surface area is 106 Å². The second kappa shape index (κ2) is 4.83. The van der Waals surface area contributed by atoms with Crippen LogP contribution in [0.3, 0.4) is 0 Å². The highest BCUT2D eigenvalue weighted by atomic mass is 16.3. The Kier molecular flexibility index (Phi) is 3.04. The number of nitrogens with one attached hydrogen (secondary N) is 1. The summed E-state index contributed by atoms with van der Waals surface area (Å²) < 4.78 is 5.79. The average molecular weight is 240 g/mol. The molecule has 18 heavy (non-hydrogen) atoms. The van der Waals surface area contributed by atoms with Crippen LogP contribution in [0.1, 0.15) is 30.6 Å². The molecular formula is C15H16N2O. The second-order valence-corrected chi connectivity index (χ2v) is 4.91. The first-order valence-corrected chi connectivity index (χ1v) is 6.51. The van der Waals surface area contributed by atoms with Gasteiger partial charge in [-0.3, -0.25) is 0 Å². The van der Waals surface area contributed by atoms with E-state index in [0.29, 0.717) is 11.6 Å². The Morgan fingerprint density at radius 1 is 1.39 bits per heavy atom. The van der Waals surface area contributed by atoms with Gasteiger partial charge in [-0.15, -0.1) is 0 Å². The van der Waals surface area contributed by atoms with Gasteiger partial charge < -0.3 is 9.73 Å². The summed E-state index contributed by atoms with van der Waals surface area (Å²) in [6.07, 6.45) is 4.66. The van der Waals surface area contributed by atoms with Crippen LogP contribution in [-0.4, -0.2) is 12.6 Å². The van der Waals surface area contributed by atoms with Gasteiger partial charge in [-0.05, 0) is 50.1 Å². The molecule has 3 heteroatoms. The molecule has 0 aliphatic carbocycles. The zero-order valence-corrected chi connectivity index (χ0v) is 10.3. The fraction of sp³-hybridized carbons (Fsp3) is 0.400. The molecule has 1 aromatic carbocycles. The van der Waals surface area contributed by atoms with Crippen LogP contribution in [0, 0.1) is 11.3 Å². The van der Waals surface area contributed by atoms with Crippen molar-refractivity contribution in [1.82, 2.24) is 5.32 Å². The molecule has 0 radical (unpaired) electrons. The van der Waals surface area contributed by atoms with Gasteiger partial charge in [-0.2, -0.15) is 5.26 Å². The van der Waals surface area contributed by atoms with Crippen LogP contribution in [0.5, 0.6) is 0 Å². The largest absolute Gasteiger partial charge is 0.461 e. The van der Waals surface area contributed by atoms with Crippen molar-refractivity contribution in [3.05, 3.63) is 35.6 Å². The van der Waals surface area contributed by atoms with Crippen LogP contribution >= 0.6 is 0 Å². The number of benzene rings is 1. The maximum absolute atomic E-state index is 8.85. The van der Waals surface area contributed by atoms with E-state index in [9.17, 15) is 0 Å². The number of aryl methyl sites for hydroxylation is 1. The molecule has 1 fully saturated rings. The van der Waals surface area contributed by atoms with Gasteiger partial charge in [0.05, 0.1) is 11.6 Å². The molecule has 1 aliphatic rings. The molecule has 1 N–H and O–H groups in total. The van der Waals surface area contributed by atoms with Crippen molar-refractivity contribution in [3.8, 4) is 6.07 Å². The minimum absolute atomic E-state index is 0.646. The molecular weight excluding hydrogens is 224 g/mol. The number of furan rings is 1. The van der Waals surface area contributed by atoms with Gasteiger partial charge in [0.15, 0.2) is 0 Å². The highest BCUT2D eigenvalue weighted by Crippen LogP contribution is 2.22. The van der Waals surface area contributed by atoms with E-state index in [-0.39, 0.29) is 0 Å². The first-order chi connectivity index (χ1) is 8.85. The van der Waals surface area contributed by atoms with E-state index in [0.717, 1.165) is 36.1 Å². The highest BCUT2D eigenvalue weighted by molar-refractivity contribution is 5.79. The summed E-state index contributed by atoms with van der Waals surface area (Å²) in [5.41, 5.74) is 1.48. The zero-order chi connectivity index (χ0) is 12.4. The van der Waals surface area contributed by atoms with Crippen molar-refractivity contribution >= 4 is 11.0 Å². The Bertz CT molecular complexity index is 588. The van der Waals surface area contributed by atoms with Gasteiger partial charge in [0, 0.05) is 17.8 Å². The Morgan fingerprint density at radius 3 is 3.11 bits per heavy atom. The van der Waals surface area contributed by atoms with E-state index in [1.807, 2.05) is 18.2 Å². The van der Waals surface area contributed by atoms with Crippen LogP contribution in [0.25, 0.3) is 11.0 Å². The lowest BCUT2D eigenvalue weighted by molar-refractivity contribution is 0.494. The molecule has 0 bridgehead atoms. The molecule has 1 aromatic heterocycles. The molecule has 92 valence electrons. The number of nitrogens with zero attached hydrogens (tertiary/aromatic N) is 1. The third-order valence-electron chi connectivity index (χ3n) is 3.60. The Balaban J connectivity index is 1.74. The smallest absolute Gasteiger partial charge is 0.135 e. The van der Waals surface area contributed by atoms with Gasteiger partial charge in [-0.25, -0.2) is 0 Å². The summed E-state index contributed by atoms with van der Waals surface area (Å²) in [4.78, 5) is 0. The number of nitriles is 1. The number of hydrogen-bond acceptors (Lipinski definition) is 3. The molecule has 3 nitrogen and oxygen atoms in total. The minimum atomic E-state index is 0.646. The fourth-order valence-corrected chi connectivity index (χ4v) is 2.60. The molecule has 2 heterocycles. The predicted octanol–water partition coefficient (Wildman–Crippen LogP) is 2.99. The van der Waals surface area contributed by atoms with Crippen molar-refractivity contribution < 1.29 is 4.42 Å². The van der Waals surface area contributed by atoms with E-state index in [4.69, 9.17) is 9.68 Å². The number of rotatable bonds is 3. The fourth-order valence-electron chi connectivity index (χ4n) is 2.60. The summed E-state index contributed by atoms with van der Waals surface area (Å²) in [7, 11) is 0. The van der Waals surface area contributed by atoms with Gasteiger partial charge in [0.2, 0.25) is 0 Å². The van der Waals surface area contributed by atoms with E-state index in [1.165, 1.54) is 12.8 Å². The molecule has 0 spiro atoms. The zero-order valence-electron chi connectivity index (χ0n) is 10.3. The summed E-state index contributed by atoms with van der Waals surface area (Å²) in [5.74, 6) is 1.02. The van der Waals surface area contributed by atoms with Gasteiger partial charge >= 0.3 is 0 Å². The SMILES string of the molecule is N#Cc1ccc2cc(CC[C@@H]3CCCN3)oc2c1. The molecule has 3 rings (SSSR count). The lowest BCUT2D eigenvalue weighted by Crippen LogP contribution is -2.21. The third-order valence-corrected chi connectivity index (χ3v) is 3.60. The van der Waals surface area contributed by atoms with Crippen molar-refractivity contribution in [3.63, 3.8) is 0 Å². The maximum Gasteiger partial charge on any atom is 0.135 e. The highest BCUT2D eigenvalue weighted by Gasteiger charge is 2.14. The molecule has 0 saturated carbocycles. The quantitative estimate of drug-likeness (QED) is 0.897.